The predicted molar refractivity (Wildman–Crippen MR) is 112 cm³/mol. The molecule has 1 aromatic heterocycles. The lowest BCUT2D eigenvalue weighted by molar-refractivity contribution is 0.224. The van der Waals surface area contributed by atoms with Crippen molar-refractivity contribution >= 4 is 10.8 Å². The first-order valence-electron chi connectivity index (χ1n) is 9.89. The Hall–Kier alpha value is -2.15. The lowest BCUT2D eigenvalue weighted by Crippen LogP contribution is -2.20. The molecule has 1 nitrogen and oxygen atoms in total. The zero-order valence-corrected chi connectivity index (χ0v) is 16.5. The molecule has 1 fully saturated rings. The fraction of sp³-hybridized carbons (Fsp3) is 0.400. The van der Waals surface area contributed by atoms with Crippen LogP contribution in [0.3, 0.4) is 0 Å². The number of hydrogen-bond donors (Lipinski definition) is 0. The molecule has 3 aromatic rings. The summed E-state index contributed by atoms with van der Waals surface area (Å²) >= 11 is 0. The van der Waals surface area contributed by atoms with Crippen molar-refractivity contribution in [2.24, 2.45) is 5.41 Å². The molecule has 0 saturated heterocycles. The summed E-state index contributed by atoms with van der Waals surface area (Å²) in [5.74, 6) is 0.713. The second-order valence-corrected chi connectivity index (χ2v) is 8.96. The Bertz CT molecular complexity index is 921. The normalized spacial score (nSPS) is 17.5. The van der Waals surface area contributed by atoms with E-state index < -0.39 is 0 Å². The van der Waals surface area contributed by atoms with Crippen LogP contribution in [-0.4, -0.2) is 4.98 Å². The fourth-order valence-corrected chi connectivity index (χ4v) is 4.52. The molecule has 0 aliphatic heterocycles. The number of rotatable bonds is 2. The van der Waals surface area contributed by atoms with Crippen LogP contribution in [0.25, 0.3) is 22.0 Å². The Morgan fingerprint density at radius 2 is 1.58 bits per heavy atom. The Kier molecular flexibility index (Phi) is 4.34. The van der Waals surface area contributed by atoms with E-state index in [2.05, 4.69) is 70.2 Å². The molecule has 0 N–H and O–H groups in total. The van der Waals surface area contributed by atoms with E-state index in [1.54, 1.807) is 0 Å². The van der Waals surface area contributed by atoms with Crippen LogP contribution in [0.2, 0.25) is 0 Å². The largest absolute Gasteiger partial charge is 0.256 e. The van der Waals surface area contributed by atoms with Gasteiger partial charge in [-0.1, -0.05) is 49.2 Å². The van der Waals surface area contributed by atoms with Crippen LogP contribution in [0, 0.1) is 19.3 Å². The van der Waals surface area contributed by atoms with Crippen molar-refractivity contribution in [3.05, 3.63) is 65.4 Å². The molecule has 0 radical (unpaired) electrons. The van der Waals surface area contributed by atoms with Crippen molar-refractivity contribution in [1.82, 2.24) is 4.98 Å². The molecule has 0 unspecified atom stereocenters. The summed E-state index contributed by atoms with van der Waals surface area (Å²) in [6.07, 6.45) is 7.25. The third kappa shape index (κ3) is 3.40. The smallest absolute Gasteiger partial charge is 0.0780 e. The SMILES string of the molecule is Cc1cc(C)cc(-c2nccc3cc(C4CCC(C)(C)CC4)ccc23)c1. The third-order valence-corrected chi connectivity index (χ3v) is 6.09. The van der Waals surface area contributed by atoms with Gasteiger partial charge in [-0.25, -0.2) is 0 Å². The molecule has 4 rings (SSSR count). The summed E-state index contributed by atoms with van der Waals surface area (Å²) in [5, 5.41) is 2.58. The van der Waals surface area contributed by atoms with Crippen LogP contribution < -0.4 is 0 Å². The van der Waals surface area contributed by atoms with Crippen molar-refractivity contribution in [3.8, 4) is 11.3 Å². The van der Waals surface area contributed by atoms with Gasteiger partial charge >= 0.3 is 0 Å². The molecule has 1 aliphatic rings. The molecule has 1 heterocycles. The highest BCUT2D eigenvalue weighted by molar-refractivity contribution is 5.95. The van der Waals surface area contributed by atoms with Crippen molar-refractivity contribution in [2.45, 2.75) is 59.3 Å². The first-order chi connectivity index (χ1) is 12.4. The molecule has 1 heteroatoms. The molecule has 0 atom stereocenters. The molecule has 1 saturated carbocycles. The van der Waals surface area contributed by atoms with Crippen molar-refractivity contribution in [2.75, 3.05) is 0 Å². The summed E-state index contributed by atoms with van der Waals surface area (Å²) in [5.41, 5.74) is 6.94. The Labute approximate surface area is 157 Å². The predicted octanol–water partition coefficient (Wildman–Crippen LogP) is 7.20. The summed E-state index contributed by atoms with van der Waals surface area (Å²) in [4.78, 5) is 4.72. The zero-order chi connectivity index (χ0) is 18.3. The van der Waals surface area contributed by atoms with Gasteiger partial charge in [-0.2, -0.15) is 0 Å². The van der Waals surface area contributed by atoms with Gasteiger partial charge in [0.15, 0.2) is 0 Å². The maximum absolute atomic E-state index is 4.72. The fourth-order valence-electron chi connectivity index (χ4n) is 4.52. The van der Waals surface area contributed by atoms with E-state index in [1.807, 2.05) is 6.20 Å². The summed E-state index contributed by atoms with van der Waals surface area (Å²) in [6.45, 7) is 9.13. The van der Waals surface area contributed by atoms with E-state index in [0.717, 1.165) is 5.69 Å². The molecule has 1 aliphatic carbocycles. The monoisotopic (exact) mass is 343 g/mol. The van der Waals surface area contributed by atoms with Gasteiger partial charge in [0.2, 0.25) is 0 Å². The maximum Gasteiger partial charge on any atom is 0.0780 e. The average molecular weight is 344 g/mol. The minimum absolute atomic E-state index is 0.521. The van der Waals surface area contributed by atoms with E-state index >= 15 is 0 Å². The average Bonchev–Trinajstić information content (AvgIpc) is 2.60. The van der Waals surface area contributed by atoms with Crippen LogP contribution in [0.1, 0.15) is 62.1 Å². The number of benzene rings is 2. The second kappa shape index (κ2) is 6.54. The van der Waals surface area contributed by atoms with Crippen molar-refractivity contribution in [3.63, 3.8) is 0 Å². The van der Waals surface area contributed by atoms with Gasteiger partial charge in [0, 0.05) is 17.1 Å². The number of hydrogen-bond acceptors (Lipinski definition) is 1. The van der Waals surface area contributed by atoms with E-state index in [-0.39, 0.29) is 0 Å². The molecule has 0 amide bonds. The highest BCUT2D eigenvalue weighted by atomic mass is 14.7. The lowest BCUT2D eigenvalue weighted by Gasteiger charge is -2.34. The second-order valence-electron chi connectivity index (χ2n) is 8.96. The summed E-state index contributed by atoms with van der Waals surface area (Å²) < 4.78 is 0. The van der Waals surface area contributed by atoms with E-state index in [9.17, 15) is 0 Å². The maximum atomic E-state index is 4.72. The molecule has 2 aromatic carbocycles. The molecule has 0 bridgehead atoms. The first-order valence-corrected chi connectivity index (χ1v) is 9.89. The van der Waals surface area contributed by atoms with Gasteiger partial charge in [0.05, 0.1) is 5.69 Å². The third-order valence-electron chi connectivity index (χ3n) is 6.09. The Morgan fingerprint density at radius 3 is 2.27 bits per heavy atom. The van der Waals surface area contributed by atoms with Gasteiger partial charge in [-0.3, -0.25) is 4.98 Å². The molecule has 0 spiro atoms. The number of aryl methyl sites for hydroxylation is 2. The summed E-state index contributed by atoms with van der Waals surface area (Å²) in [7, 11) is 0. The van der Waals surface area contributed by atoms with Crippen LogP contribution in [0.4, 0.5) is 0 Å². The van der Waals surface area contributed by atoms with Crippen LogP contribution >= 0.6 is 0 Å². The molecule has 134 valence electrons. The van der Waals surface area contributed by atoms with Gasteiger partial charge < -0.3 is 0 Å². The van der Waals surface area contributed by atoms with Gasteiger partial charge in [-0.05, 0) is 80.0 Å². The molecular weight excluding hydrogens is 314 g/mol. The quantitative estimate of drug-likeness (QED) is 0.479. The molecule has 26 heavy (non-hydrogen) atoms. The Balaban J connectivity index is 1.72. The molecular formula is C25H29N. The Morgan fingerprint density at radius 1 is 0.885 bits per heavy atom. The minimum atomic E-state index is 0.521. The zero-order valence-electron chi connectivity index (χ0n) is 16.5. The lowest BCUT2D eigenvalue weighted by atomic mass is 9.71. The van der Waals surface area contributed by atoms with Crippen LogP contribution in [0.15, 0.2) is 48.7 Å². The van der Waals surface area contributed by atoms with E-state index in [0.29, 0.717) is 11.3 Å². The standard InChI is InChI=1S/C25H29N/c1-17-13-18(2)15-22(14-17)24-23-6-5-20(16-21(23)9-12-26-24)19-7-10-25(3,4)11-8-19/h5-6,9,12-16,19H,7-8,10-11H2,1-4H3. The number of fused-ring (bicyclic) bond motifs is 1. The van der Waals surface area contributed by atoms with Gasteiger partial charge in [0.25, 0.3) is 0 Å². The highest BCUT2D eigenvalue weighted by Gasteiger charge is 2.27. The highest BCUT2D eigenvalue weighted by Crippen LogP contribution is 2.43. The minimum Gasteiger partial charge on any atom is -0.256 e. The number of aromatic nitrogens is 1. The van der Waals surface area contributed by atoms with Crippen molar-refractivity contribution < 1.29 is 0 Å². The van der Waals surface area contributed by atoms with Gasteiger partial charge in [0.1, 0.15) is 0 Å². The first kappa shape index (κ1) is 17.3. The number of nitrogens with zero attached hydrogens (tertiary/aromatic N) is 1. The number of pyridine rings is 1. The topological polar surface area (TPSA) is 12.9 Å². The van der Waals surface area contributed by atoms with Gasteiger partial charge in [-0.15, -0.1) is 0 Å². The van der Waals surface area contributed by atoms with E-state index in [4.69, 9.17) is 4.98 Å². The van der Waals surface area contributed by atoms with Crippen LogP contribution in [0.5, 0.6) is 0 Å². The van der Waals surface area contributed by atoms with E-state index in [1.165, 1.54) is 58.7 Å². The van der Waals surface area contributed by atoms with Crippen molar-refractivity contribution in [1.29, 1.82) is 0 Å². The summed E-state index contributed by atoms with van der Waals surface area (Å²) in [6, 6.07) is 15.9. The van der Waals surface area contributed by atoms with Crippen LogP contribution in [-0.2, 0) is 0 Å².